The molecular weight excluding hydrogens is 372 g/mol. The van der Waals surface area contributed by atoms with Crippen molar-refractivity contribution in [3.63, 3.8) is 0 Å². The highest BCUT2D eigenvalue weighted by molar-refractivity contribution is 6.05. The van der Waals surface area contributed by atoms with E-state index in [-0.39, 0.29) is 12.5 Å². The molecule has 2 rings (SSSR count). The predicted octanol–water partition coefficient (Wildman–Crippen LogP) is 5.08. The molecule has 2 aromatic rings. The monoisotopic (exact) mass is 400 g/mol. The van der Waals surface area contributed by atoms with Crippen LogP contribution < -0.4 is 20.1 Å². The molecule has 0 aliphatic heterocycles. The Hall–Kier alpha value is -3.22. The van der Waals surface area contributed by atoms with Gasteiger partial charge >= 0.3 is 6.09 Å². The van der Waals surface area contributed by atoms with Gasteiger partial charge in [0.05, 0.1) is 19.8 Å². The number of carbonyl (C=O) groups is 2. The second kappa shape index (κ2) is 11.6. The van der Waals surface area contributed by atoms with Crippen LogP contribution in [0.15, 0.2) is 42.5 Å². The number of amides is 2. The van der Waals surface area contributed by atoms with Crippen molar-refractivity contribution in [2.75, 3.05) is 30.5 Å². The number of benzene rings is 2. The normalized spacial score (nSPS) is 10.2. The van der Waals surface area contributed by atoms with Gasteiger partial charge in [0.1, 0.15) is 0 Å². The third-order valence-corrected chi connectivity index (χ3v) is 3.77. The highest BCUT2D eigenvalue weighted by atomic mass is 16.5. The summed E-state index contributed by atoms with van der Waals surface area (Å²) in [5.74, 6) is 0.941. The van der Waals surface area contributed by atoms with Crippen LogP contribution in [0.1, 0.15) is 44.0 Å². The zero-order valence-corrected chi connectivity index (χ0v) is 17.1. The number of hydrogen-bond acceptors (Lipinski definition) is 5. The number of nitrogens with one attached hydrogen (secondary N) is 2. The Morgan fingerprint density at radius 2 is 1.52 bits per heavy atom. The van der Waals surface area contributed by atoms with E-state index in [0.29, 0.717) is 41.7 Å². The van der Waals surface area contributed by atoms with Gasteiger partial charge < -0.3 is 19.5 Å². The predicted molar refractivity (Wildman–Crippen MR) is 113 cm³/mol. The standard InChI is InChI=1S/C22H28N2O5/c1-4-12-28-19-11-10-18(15-20(19)29-13-5-2)23-21(25)16-8-7-9-17(14-16)24-22(26)27-6-3/h7-11,14-15H,4-6,12-13H2,1-3H3,(H,23,25)(H,24,26). The van der Waals surface area contributed by atoms with Crippen molar-refractivity contribution in [1.29, 1.82) is 0 Å². The lowest BCUT2D eigenvalue weighted by atomic mass is 10.1. The van der Waals surface area contributed by atoms with Crippen LogP contribution in [0.4, 0.5) is 16.2 Å². The van der Waals surface area contributed by atoms with E-state index in [9.17, 15) is 9.59 Å². The largest absolute Gasteiger partial charge is 0.490 e. The summed E-state index contributed by atoms with van der Waals surface area (Å²) in [7, 11) is 0. The van der Waals surface area contributed by atoms with Crippen molar-refractivity contribution < 1.29 is 23.8 Å². The highest BCUT2D eigenvalue weighted by Gasteiger charge is 2.12. The Bertz CT molecular complexity index is 823. The molecule has 0 spiro atoms. The van der Waals surface area contributed by atoms with E-state index in [1.165, 1.54) is 0 Å². The maximum Gasteiger partial charge on any atom is 0.411 e. The number of carbonyl (C=O) groups excluding carboxylic acids is 2. The minimum Gasteiger partial charge on any atom is -0.490 e. The molecule has 0 saturated carbocycles. The van der Waals surface area contributed by atoms with Crippen molar-refractivity contribution in [2.24, 2.45) is 0 Å². The fourth-order valence-corrected chi connectivity index (χ4v) is 2.47. The number of anilines is 2. The molecule has 7 heteroatoms. The van der Waals surface area contributed by atoms with Gasteiger partial charge in [-0.05, 0) is 50.1 Å². The Labute approximate surface area is 171 Å². The third kappa shape index (κ3) is 7.03. The zero-order valence-electron chi connectivity index (χ0n) is 17.1. The van der Waals surface area contributed by atoms with Crippen LogP contribution in [0.5, 0.6) is 11.5 Å². The summed E-state index contributed by atoms with van der Waals surface area (Å²) in [4.78, 5) is 24.2. The molecule has 0 bridgehead atoms. The first-order valence-corrected chi connectivity index (χ1v) is 9.82. The maximum absolute atomic E-state index is 12.6. The Kier molecular flexibility index (Phi) is 8.82. The van der Waals surface area contributed by atoms with Gasteiger partial charge in [0.25, 0.3) is 5.91 Å². The second-order valence-electron chi connectivity index (χ2n) is 6.24. The van der Waals surface area contributed by atoms with Gasteiger partial charge in [-0.1, -0.05) is 19.9 Å². The first-order valence-electron chi connectivity index (χ1n) is 9.82. The minimum absolute atomic E-state index is 0.270. The summed E-state index contributed by atoms with van der Waals surface area (Å²) >= 11 is 0. The van der Waals surface area contributed by atoms with Gasteiger partial charge in [0.2, 0.25) is 0 Å². The summed E-state index contributed by atoms with van der Waals surface area (Å²) in [5.41, 5.74) is 1.47. The van der Waals surface area contributed by atoms with Crippen LogP contribution in [0, 0.1) is 0 Å². The molecule has 7 nitrogen and oxygen atoms in total. The van der Waals surface area contributed by atoms with Crippen molar-refractivity contribution in [1.82, 2.24) is 0 Å². The van der Waals surface area contributed by atoms with Crippen molar-refractivity contribution in [3.05, 3.63) is 48.0 Å². The second-order valence-corrected chi connectivity index (χ2v) is 6.24. The molecule has 0 fully saturated rings. The average molecular weight is 400 g/mol. The quantitative estimate of drug-likeness (QED) is 0.580. The average Bonchev–Trinajstić information content (AvgIpc) is 2.71. The van der Waals surface area contributed by atoms with Gasteiger partial charge in [0.15, 0.2) is 11.5 Å². The number of hydrogen-bond donors (Lipinski definition) is 2. The topological polar surface area (TPSA) is 85.9 Å². The van der Waals surface area contributed by atoms with E-state index in [1.807, 2.05) is 13.8 Å². The van der Waals surface area contributed by atoms with E-state index >= 15 is 0 Å². The van der Waals surface area contributed by atoms with Crippen LogP contribution in [0.3, 0.4) is 0 Å². The lowest BCUT2D eigenvalue weighted by Gasteiger charge is -2.14. The molecule has 0 atom stereocenters. The van der Waals surface area contributed by atoms with Crippen LogP contribution in [-0.4, -0.2) is 31.8 Å². The van der Waals surface area contributed by atoms with Gasteiger partial charge in [-0.25, -0.2) is 4.79 Å². The summed E-state index contributed by atoms with van der Waals surface area (Å²) < 4.78 is 16.3. The van der Waals surface area contributed by atoms with E-state index in [0.717, 1.165) is 12.8 Å². The SMILES string of the molecule is CCCOc1ccc(NC(=O)c2cccc(NC(=O)OCC)c2)cc1OCCC. The van der Waals surface area contributed by atoms with E-state index in [4.69, 9.17) is 14.2 Å². The van der Waals surface area contributed by atoms with Crippen LogP contribution in [0.2, 0.25) is 0 Å². The summed E-state index contributed by atoms with van der Waals surface area (Å²) in [6.45, 7) is 7.20. The van der Waals surface area contributed by atoms with Crippen molar-refractivity contribution in [2.45, 2.75) is 33.6 Å². The maximum atomic E-state index is 12.6. The molecule has 29 heavy (non-hydrogen) atoms. The van der Waals surface area contributed by atoms with Crippen LogP contribution >= 0.6 is 0 Å². The van der Waals surface area contributed by atoms with Gasteiger partial charge in [-0.3, -0.25) is 10.1 Å². The first-order chi connectivity index (χ1) is 14.1. The van der Waals surface area contributed by atoms with Gasteiger partial charge in [-0.2, -0.15) is 0 Å². The fraction of sp³-hybridized carbons (Fsp3) is 0.364. The molecule has 0 radical (unpaired) electrons. The lowest BCUT2D eigenvalue weighted by Crippen LogP contribution is -2.15. The van der Waals surface area contributed by atoms with Gasteiger partial charge in [-0.15, -0.1) is 0 Å². The summed E-state index contributed by atoms with van der Waals surface area (Å²) in [6, 6.07) is 11.9. The zero-order chi connectivity index (χ0) is 21.1. The molecule has 2 N–H and O–H groups in total. The molecule has 2 amide bonds. The number of rotatable bonds is 10. The fourth-order valence-electron chi connectivity index (χ4n) is 2.47. The summed E-state index contributed by atoms with van der Waals surface area (Å²) in [6.07, 6.45) is 1.19. The summed E-state index contributed by atoms with van der Waals surface area (Å²) in [5, 5.41) is 5.43. The molecule has 0 saturated heterocycles. The molecule has 0 aromatic heterocycles. The van der Waals surface area contributed by atoms with Crippen LogP contribution in [0.25, 0.3) is 0 Å². The first kappa shape index (κ1) is 22.1. The third-order valence-electron chi connectivity index (χ3n) is 3.77. The molecule has 156 valence electrons. The van der Waals surface area contributed by atoms with E-state index in [2.05, 4.69) is 10.6 Å². The minimum atomic E-state index is -0.564. The number of ether oxygens (including phenoxy) is 3. The molecular formula is C22H28N2O5. The molecule has 0 unspecified atom stereocenters. The van der Waals surface area contributed by atoms with Gasteiger partial charge in [0, 0.05) is 23.0 Å². The molecule has 0 heterocycles. The Balaban J connectivity index is 2.12. The lowest BCUT2D eigenvalue weighted by molar-refractivity contribution is 0.102. The molecule has 2 aromatic carbocycles. The van der Waals surface area contributed by atoms with Crippen molar-refractivity contribution in [3.8, 4) is 11.5 Å². The molecule has 0 aliphatic carbocycles. The smallest absolute Gasteiger partial charge is 0.411 e. The Morgan fingerprint density at radius 1 is 0.828 bits per heavy atom. The van der Waals surface area contributed by atoms with E-state index < -0.39 is 6.09 Å². The van der Waals surface area contributed by atoms with Crippen molar-refractivity contribution >= 4 is 23.4 Å². The molecule has 0 aliphatic rings. The Morgan fingerprint density at radius 3 is 2.21 bits per heavy atom. The van der Waals surface area contributed by atoms with Crippen LogP contribution in [-0.2, 0) is 4.74 Å². The highest BCUT2D eigenvalue weighted by Crippen LogP contribution is 2.31. The van der Waals surface area contributed by atoms with E-state index in [1.54, 1.807) is 49.4 Å².